The van der Waals surface area contributed by atoms with Crippen LogP contribution in [0.4, 0.5) is 23.7 Å². The van der Waals surface area contributed by atoms with E-state index < -0.39 is 18.9 Å². The fraction of sp³-hybridized carbons (Fsp3) is 0.417. The van der Waals surface area contributed by atoms with E-state index >= 15 is 0 Å². The first kappa shape index (κ1) is 16.4. The first-order valence-corrected chi connectivity index (χ1v) is 6.12. The Morgan fingerprint density at radius 2 is 2.10 bits per heavy atom. The van der Waals surface area contributed by atoms with Crippen LogP contribution in [-0.2, 0) is 4.74 Å². The molecule has 0 aliphatic rings. The second kappa shape index (κ2) is 7.23. The van der Waals surface area contributed by atoms with Crippen LogP contribution in [-0.4, -0.2) is 25.5 Å². The third kappa shape index (κ3) is 6.01. The molecule has 1 N–H and O–H groups in total. The maximum Gasteiger partial charge on any atom is 0.422 e. The summed E-state index contributed by atoms with van der Waals surface area (Å²) < 4.78 is 45.1. The molecule has 1 aromatic rings. The first-order chi connectivity index (χ1) is 9.31. The molecule has 0 radical (unpaired) electrons. The fourth-order valence-electron chi connectivity index (χ4n) is 1.23. The molecular weight excluding hydrogens is 299 g/mol. The molecule has 0 atom stereocenters. The van der Waals surface area contributed by atoms with Crippen LogP contribution < -0.4 is 10.1 Å². The highest BCUT2D eigenvalue weighted by atomic mass is 35.5. The van der Waals surface area contributed by atoms with Crippen molar-refractivity contribution < 1.29 is 27.4 Å². The molecule has 1 rings (SSSR count). The lowest BCUT2D eigenvalue weighted by Crippen LogP contribution is -2.23. The van der Waals surface area contributed by atoms with Gasteiger partial charge in [-0.3, -0.25) is 5.32 Å². The smallest absolute Gasteiger partial charge is 0.422 e. The topological polar surface area (TPSA) is 47.6 Å². The molecule has 0 heterocycles. The summed E-state index contributed by atoms with van der Waals surface area (Å²) in [5, 5.41) is 2.47. The number of alkyl halides is 3. The Balaban J connectivity index is 2.69. The molecule has 0 aliphatic heterocycles. The van der Waals surface area contributed by atoms with Crippen LogP contribution in [0.3, 0.4) is 0 Å². The van der Waals surface area contributed by atoms with E-state index in [0.717, 1.165) is 6.42 Å². The van der Waals surface area contributed by atoms with Crippen molar-refractivity contribution in [3.8, 4) is 5.75 Å². The van der Waals surface area contributed by atoms with Gasteiger partial charge in [-0.1, -0.05) is 18.5 Å². The second-order valence-electron chi connectivity index (χ2n) is 3.81. The molecule has 4 nitrogen and oxygen atoms in total. The van der Waals surface area contributed by atoms with Crippen LogP contribution in [0.25, 0.3) is 0 Å². The lowest BCUT2D eigenvalue weighted by molar-refractivity contribution is -0.159. The summed E-state index contributed by atoms with van der Waals surface area (Å²) >= 11 is 5.76. The Kier molecular flexibility index (Phi) is 5.94. The number of anilines is 1. The largest absolute Gasteiger partial charge is 0.491 e. The Labute approximate surface area is 118 Å². The van der Waals surface area contributed by atoms with Gasteiger partial charge in [0.1, 0.15) is 5.75 Å². The number of benzene rings is 1. The van der Waals surface area contributed by atoms with Crippen molar-refractivity contribution in [1.82, 2.24) is 0 Å². The molecule has 1 aromatic carbocycles. The van der Waals surface area contributed by atoms with E-state index in [2.05, 4.69) is 10.1 Å². The molecular formula is C12H13ClF3NO3. The van der Waals surface area contributed by atoms with Crippen LogP contribution in [0.2, 0.25) is 5.02 Å². The van der Waals surface area contributed by atoms with Gasteiger partial charge in [-0.15, -0.1) is 0 Å². The summed E-state index contributed by atoms with van der Waals surface area (Å²) in [4.78, 5) is 11.3. The molecule has 0 unspecified atom stereocenters. The van der Waals surface area contributed by atoms with Crippen LogP contribution in [0, 0.1) is 0 Å². The number of amides is 1. The number of hydrogen-bond acceptors (Lipinski definition) is 3. The molecule has 8 heteroatoms. The fourth-order valence-corrected chi connectivity index (χ4v) is 1.40. The van der Waals surface area contributed by atoms with Gasteiger partial charge in [0.25, 0.3) is 0 Å². The zero-order valence-electron chi connectivity index (χ0n) is 10.6. The van der Waals surface area contributed by atoms with E-state index in [1.165, 1.54) is 12.1 Å². The normalized spacial score (nSPS) is 11.1. The molecule has 1 amide bonds. The van der Waals surface area contributed by atoms with Crippen molar-refractivity contribution in [2.75, 3.05) is 18.5 Å². The monoisotopic (exact) mass is 311 g/mol. The van der Waals surface area contributed by atoms with Crippen molar-refractivity contribution in [1.29, 1.82) is 0 Å². The zero-order valence-corrected chi connectivity index (χ0v) is 11.3. The number of halogens is 4. The average Bonchev–Trinajstić information content (AvgIpc) is 2.35. The van der Waals surface area contributed by atoms with Crippen LogP contribution >= 0.6 is 11.6 Å². The molecule has 0 aliphatic carbocycles. The highest BCUT2D eigenvalue weighted by Crippen LogP contribution is 2.28. The molecule has 0 saturated carbocycles. The molecule has 0 saturated heterocycles. The Bertz CT molecular complexity index is 466. The van der Waals surface area contributed by atoms with Gasteiger partial charge < -0.3 is 9.47 Å². The highest BCUT2D eigenvalue weighted by Gasteiger charge is 2.29. The summed E-state index contributed by atoms with van der Waals surface area (Å²) in [7, 11) is 0. The predicted octanol–water partition coefficient (Wildman–Crippen LogP) is 4.24. The molecule has 0 bridgehead atoms. The minimum atomic E-state index is -4.58. The summed E-state index contributed by atoms with van der Waals surface area (Å²) in [5.74, 6) is 0.306. The number of hydrogen-bond donors (Lipinski definition) is 1. The van der Waals surface area contributed by atoms with E-state index in [4.69, 9.17) is 16.3 Å². The van der Waals surface area contributed by atoms with E-state index in [9.17, 15) is 18.0 Å². The van der Waals surface area contributed by atoms with Gasteiger partial charge in [-0.25, -0.2) is 4.79 Å². The molecule has 112 valence electrons. The maximum absolute atomic E-state index is 11.9. The number of rotatable bonds is 5. The maximum atomic E-state index is 11.9. The lowest BCUT2D eigenvalue weighted by atomic mass is 10.3. The zero-order chi connectivity index (χ0) is 15.2. The van der Waals surface area contributed by atoms with Crippen molar-refractivity contribution in [2.45, 2.75) is 19.5 Å². The molecule has 0 aromatic heterocycles. The summed E-state index contributed by atoms with van der Waals surface area (Å²) in [6, 6.07) is 4.41. The second-order valence-corrected chi connectivity index (χ2v) is 4.24. The van der Waals surface area contributed by atoms with Crippen molar-refractivity contribution in [2.24, 2.45) is 0 Å². The van der Waals surface area contributed by atoms with E-state index in [0.29, 0.717) is 17.4 Å². The van der Waals surface area contributed by atoms with Crippen molar-refractivity contribution in [3.63, 3.8) is 0 Å². The van der Waals surface area contributed by atoms with E-state index in [1.54, 1.807) is 6.07 Å². The van der Waals surface area contributed by atoms with Gasteiger partial charge in [0.2, 0.25) is 0 Å². The quantitative estimate of drug-likeness (QED) is 0.884. The van der Waals surface area contributed by atoms with Gasteiger partial charge in [-0.2, -0.15) is 13.2 Å². The third-order valence-corrected chi connectivity index (χ3v) is 2.24. The molecule has 20 heavy (non-hydrogen) atoms. The molecule has 0 fully saturated rings. The van der Waals surface area contributed by atoms with Crippen LogP contribution in [0.15, 0.2) is 18.2 Å². The number of ether oxygens (including phenoxy) is 2. The van der Waals surface area contributed by atoms with Crippen molar-refractivity contribution >= 4 is 23.4 Å². The average molecular weight is 312 g/mol. The predicted molar refractivity (Wildman–Crippen MR) is 68.3 cm³/mol. The van der Waals surface area contributed by atoms with E-state index in [-0.39, 0.29) is 5.69 Å². The highest BCUT2D eigenvalue weighted by molar-refractivity contribution is 6.31. The standard InChI is InChI=1S/C12H13ClF3NO3/c1-2-5-19-10-4-3-8(13)6-9(10)17-11(18)20-7-12(14,15)16/h3-4,6H,2,5,7H2,1H3,(H,17,18). The number of carbonyl (C=O) groups is 1. The third-order valence-electron chi connectivity index (χ3n) is 2.01. The van der Waals surface area contributed by atoms with Gasteiger partial charge in [0.05, 0.1) is 12.3 Å². The Hall–Kier alpha value is -1.63. The van der Waals surface area contributed by atoms with Gasteiger partial charge in [0.15, 0.2) is 6.61 Å². The molecule has 0 spiro atoms. The Morgan fingerprint density at radius 1 is 1.40 bits per heavy atom. The SMILES string of the molecule is CCCOc1ccc(Cl)cc1NC(=O)OCC(F)(F)F. The summed E-state index contributed by atoms with van der Waals surface area (Å²) in [6.07, 6.45) is -5.07. The van der Waals surface area contributed by atoms with E-state index in [1.807, 2.05) is 6.92 Å². The van der Waals surface area contributed by atoms with Gasteiger partial charge in [-0.05, 0) is 24.6 Å². The van der Waals surface area contributed by atoms with Crippen molar-refractivity contribution in [3.05, 3.63) is 23.2 Å². The summed E-state index contributed by atoms with van der Waals surface area (Å²) in [6.45, 7) is 0.624. The first-order valence-electron chi connectivity index (χ1n) is 5.74. The van der Waals surface area contributed by atoms with Gasteiger partial charge in [0, 0.05) is 5.02 Å². The lowest BCUT2D eigenvalue weighted by Gasteiger charge is -2.13. The Morgan fingerprint density at radius 3 is 2.70 bits per heavy atom. The minimum Gasteiger partial charge on any atom is -0.491 e. The minimum absolute atomic E-state index is 0.151. The number of nitrogens with one attached hydrogen (secondary N) is 1. The van der Waals surface area contributed by atoms with Crippen LogP contribution in [0.1, 0.15) is 13.3 Å². The number of carbonyl (C=O) groups excluding carboxylic acids is 1. The van der Waals surface area contributed by atoms with Gasteiger partial charge >= 0.3 is 12.3 Å². The summed E-state index contributed by atoms with van der Waals surface area (Å²) in [5.41, 5.74) is 0.151. The van der Waals surface area contributed by atoms with Crippen LogP contribution in [0.5, 0.6) is 5.75 Å².